The second kappa shape index (κ2) is 6.07. The Kier molecular flexibility index (Phi) is 4.19. The van der Waals surface area contributed by atoms with E-state index in [9.17, 15) is 13.2 Å². The van der Waals surface area contributed by atoms with Gasteiger partial charge < -0.3 is 5.73 Å². The van der Waals surface area contributed by atoms with Crippen LogP contribution in [0.15, 0.2) is 52.2 Å². The van der Waals surface area contributed by atoms with Gasteiger partial charge in [-0.25, -0.2) is 18.2 Å². The summed E-state index contributed by atoms with van der Waals surface area (Å²) >= 11 is 5.91. The van der Waals surface area contributed by atoms with E-state index < -0.39 is 10.0 Å². The summed E-state index contributed by atoms with van der Waals surface area (Å²) in [6, 6.07) is 10.7. The summed E-state index contributed by atoms with van der Waals surface area (Å²) in [4.78, 5) is 12.8. The molecule has 130 valence electrons. The molecule has 0 aliphatic rings. The van der Waals surface area contributed by atoms with Crippen molar-refractivity contribution < 1.29 is 8.42 Å². The van der Waals surface area contributed by atoms with Crippen LogP contribution in [0, 0.1) is 6.92 Å². The number of hydrogen-bond acceptors (Lipinski definition) is 4. The number of nitrogens with one attached hydrogen (secondary N) is 1. The van der Waals surface area contributed by atoms with Crippen molar-refractivity contribution in [1.82, 2.24) is 9.78 Å². The topological polar surface area (TPSA) is 124 Å². The van der Waals surface area contributed by atoms with Crippen LogP contribution in [-0.4, -0.2) is 18.2 Å². The molecule has 0 aliphatic carbocycles. The lowest BCUT2D eigenvalue weighted by Gasteiger charge is -2.04. The second-order valence-electron chi connectivity index (χ2n) is 5.53. The zero-order chi connectivity index (χ0) is 18.4. The summed E-state index contributed by atoms with van der Waals surface area (Å²) in [7, 11) is -3.88. The number of aromatic nitrogens is 2. The van der Waals surface area contributed by atoms with Crippen molar-refractivity contribution in [3.8, 4) is 16.8 Å². The van der Waals surface area contributed by atoms with Gasteiger partial charge in [-0.1, -0.05) is 23.7 Å². The number of nitrogens with two attached hydrogens (primary N) is 2. The number of aryl methyl sites for hydroxylation is 1. The third kappa shape index (κ3) is 3.19. The molecule has 25 heavy (non-hydrogen) atoms. The molecule has 3 rings (SSSR count). The fraction of sp³-hybridized carbons (Fsp3) is 0.0625. The molecule has 0 unspecified atom stereocenters. The van der Waals surface area contributed by atoms with Crippen molar-refractivity contribution in [3.05, 3.63) is 63.5 Å². The smallest absolute Gasteiger partial charge is 0.279 e. The average molecular weight is 379 g/mol. The number of anilines is 1. The normalized spacial score (nSPS) is 11.6. The van der Waals surface area contributed by atoms with E-state index in [4.69, 9.17) is 22.5 Å². The van der Waals surface area contributed by atoms with Gasteiger partial charge in [0.2, 0.25) is 10.0 Å². The van der Waals surface area contributed by atoms with Gasteiger partial charge >= 0.3 is 0 Å². The highest BCUT2D eigenvalue weighted by atomic mass is 35.5. The van der Waals surface area contributed by atoms with E-state index >= 15 is 0 Å². The summed E-state index contributed by atoms with van der Waals surface area (Å²) in [6.45, 7) is 1.73. The van der Waals surface area contributed by atoms with Crippen LogP contribution in [0.2, 0.25) is 5.02 Å². The molecule has 5 N–H and O–H groups in total. The SMILES string of the molecule is Cc1[nH]n(-c2cccc(S(N)(=O)=O)c2)c(=O)c1-c1ccc(Cl)cc1N. The summed E-state index contributed by atoms with van der Waals surface area (Å²) in [5, 5.41) is 8.54. The van der Waals surface area contributed by atoms with E-state index in [-0.39, 0.29) is 10.5 Å². The van der Waals surface area contributed by atoms with Crippen LogP contribution in [-0.2, 0) is 10.0 Å². The molecule has 0 amide bonds. The van der Waals surface area contributed by atoms with Gasteiger partial charge in [0, 0.05) is 22.0 Å². The van der Waals surface area contributed by atoms with Crippen molar-refractivity contribution in [2.24, 2.45) is 5.14 Å². The molecule has 3 aromatic rings. The van der Waals surface area contributed by atoms with Crippen LogP contribution in [0.5, 0.6) is 0 Å². The number of hydrogen-bond donors (Lipinski definition) is 3. The third-order valence-corrected chi connectivity index (χ3v) is 4.90. The lowest BCUT2D eigenvalue weighted by molar-refractivity contribution is 0.597. The number of sulfonamides is 1. The molecule has 0 bridgehead atoms. The summed E-state index contributed by atoms with van der Waals surface area (Å²) in [5.41, 5.74) is 7.85. The summed E-state index contributed by atoms with van der Waals surface area (Å²) in [5.74, 6) is 0. The number of nitrogens with zero attached hydrogens (tertiary/aromatic N) is 1. The minimum absolute atomic E-state index is 0.0864. The molecular formula is C16H15ClN4O3S. The molecule has 1 heterocycles. The fourth-order valence-corrected chi connectivity index (χ4v) is 3.34. The van der Waals surface area contributed by atoms with Crippen molar-refractivity contribution in [2.75, 3.05) is 5.73 Å². The Morgan fingerprint density at radius 2 is 1.88 bits per heavy atom. The summed E-state index contributed by atoms with van der Waals surface area (Å²) < 4.78 is 24.3. The van der Waals surface area contributed by atoms with E-state index in [0.29, 0.717) is 33.2 Å². The Morgan fingerprint density at radius 1 is 1.16 bits per heavy atom. The molecule has 2 aromatic carbocycles. The Bertz CT molecular complexity index is 1130. The molecule has 0 radical (unpaired) electrons. The van der Waals surface area contributed by atoms with Gasteiger partial charge in [-0.3, -0.25) is 9.89 Å². The zero-order valence-corrected chi connectivity index (χ0v) is 14.7. The van der Waals surface area contributed by atoms with Gasteiger partial charge in [-0.2, -0.15) is 0 Å². The van der Waals surface area contributed by atoms with Crippen molar-refractivity contribution in [2.45, 2.75) is 11.8 Å². The fourth-order valence-electron chi connectivity index (χ4n) is 2.61. The Balaban J connectivity index is 2.21. The maximum atomic E-state index is 12.9. The largest absolute Gasteiger partial charge is 0.398 e. The molecule has 0 fully saturated rings. The standard InChI is InChI=1S/C16H15ClN4O3S/c1-9-15(13-6-5-10(17)7-14(13)18)16(22)21(20-9)11-3-2-4-12(8-11)25(19,23)24/h2-8,20H,18H2,1H3,(H2,19,23,24). The van der Waals surface area contributed by atoms with E-state index in [1.807, 2.05) is 0 Å². The van der Waals surface area contributed by atoms with Crippen LogP contribution in [0.3, 0.4) is 0 Å². The van der Waals surface area contributed by atoms with Crippen LogP contribution < -0.4 is 16.4 Å². The quantitative estimate of drug-likeness (QED) is 0.603. The number of halogens is 1. The monoisotopic (exact) mass is 378 g/mol. The molecule has 9 heteroatoms. The highest BCUT2D eigenvalue weighted by molar-refractivity contribution is 7.89. The molecule has 0 saturated carbocycles. The van der Waals surface area contributed by atoms with Gasteiger partial charge in [0.05, 0.1) is 16.1 Å². The summed E-state index contributed by atoms with van der Waals surface area (Å²) in [6.07, 6.45) is 0. The first-order valence-electron chi connectivity index (χ1n) is 7.19. The Labute approximate surface area is 148 Å². The van der Waals surface area contributed by atoms with Crippen LogP contribution in [0.4, 0.5) is 5.69 Å². The third-order valence-electron chi connectivity index (χ3n) is 3.76. The average Bonchev–Trinajstić information content (AvgIpc) is 2.82. The number of primary sulfonamides is 1. The number of benzene rings is 2. The molecular weight excluding hydrogens is 364 g/mol. The first-order chi connectivity index (χ1) is 11.7. The Morgan fingerprint density at radius 3 is 2.52 bits per heavy atom. The van der Waals surface area contributed by atoms with Crippen molar-refractivity contribution in [3.63, 3.8) is 0 Å². The van der Waals surface area contributed by atoms with Crippen LogP contribution >= 0.6 is 11.6 Å². The number of aromatic amines is 1. The van der Waals surface area contributed by atoms with Crippen molar-refractivity contribution in [1.29, 1.82) is 0 Å². The van der Waals surface area contributed by atoms with E-state index in [2.05, 4.69) is 5.10 Å². The predicted octanol–water partition coefficient (Wildman–Crippen LogP) is 2.02. The van der Waals surface area contributed by atoms with Gasteiger partial charge in [0.15, 0.2) is 0 Å². The van der Waals surface area contributed by atoms with E-state index in [0.717, 1.165) is 0 Å². The second-order valence-corrected chi connectivity index (χ2v) is 7.52. The minimum atomic E-state index is -3.88. The van der Waals surface area contributed by atoms with Crippen molar-refractivity contribution >= 4 is 27.3 Å². The highest BCUT2D eigenvalue weighted by Crippen LogP contribution is 2.28. The number of nitrogen functional groups attached to an aromatic ring is 1. The first kappa shape index (κ1) is 17.3. The molecule has 0 aliphatic heterocycles. The molecule has 1 aromatic heterocycles. The predicted molar refractivity (Wildman–Crippen MR) is 97.4 cm³/mol. The zero-order valence-electron chi connectivity index (χ0n) is 13.2. The minimum Gasteiger partial charge on any atom is -0.398 e. The highest BCUT2D eigenvalue weighted by Gasteiger charge is 2.17. The van der Waals surface area contributed by atoms with Gasteiger partial charge in [-0.05, 0) is 37.3 Å². The Hall–Kier alpha value is -2.55. The lowest BCUT2D eigenvalue weighted by Crippen LogP contribution is -2.17. The molecule has 0 saturated heterocycles. The number of H-pyrrole nitrogens is 1. The van der Waals surface area contributed by atoms with Crippen LogP contribution in [0.25, 0.3) is 16.8 Å². The first-order valence-corrected chi connectivity index (χ1v) is 9.11. The maximum Gasteiger partial charge on any atom is 0.279 e. The molecule has 0 atom stereocenters. The molecule has 0 spiro atoms. The number of rotatable bonds is 3. The van der Waals surface area contributed by atoms with E-state index in [1.165, 1.54) is 22.9 Å². The van der Waals surface area contributed by atoms with E-state index in [1.54, 1.807) is 31.2 Å². The maximum absolute atomic E-state index is 12.9. The molecule has 7 nitrogen and oxygen atoms in total. The van der Waals surface area contributed by atoms with Gasteiger partial charge in [0.1, 0.15) is 0 Å². The van der Waals surface area contributed by atoms with Gasteiger partial charge in [-0.15, -0.1) is 0 Å². The van der Waals surface area contributed by atoms with Crippen LogP contribution in [0.1, 0.15) is 5.69 Å². The lowest BCUT2D eigenvalue weighted by atomic mass is 10.0. The van der Waals surface area contributed by atoms with Gasteiger partial charge in [0.25, 0.3) is 5.56 Å².